The van der Waals surface area contributed by atoms with Crippen molar-refractivity contribution in [3.8, 4) is 0 Å². The van der Waals surface area contributed by atoms with Gasteiger partial charge in [0.1, 0.15) is 10.8 Å². The summed E-state index contributed by atoms with van der Waals surface area (Å²) >= 11 is 10.1. The number of phosphoric acid groups is 1. The molecule has 0 aliphatic heterocycles. The van der Waals surface area contributed by atoms with Crippen molar-refractivity contribution in [1.29, 1.82) is 0 Å². The van der Waals surface area contributed by atoms with Gasteiger partial charge in [0.15, 0.2) is 0 Å². The third-order valence-electron chi connectivity index (χ3n) is 0.494. The maximum Gasteiger partial charge on any atom is 1.00 e. The Balaban J connectivity index is 0. The van der Waals surface area contributed by atoms with Crippen molar-refractivity contribution in [2.45, 2.75) is 0 Å². The minimum Gasteiger partial charge on any atom is -0.746 e. The molecule has 0 fully saturated rings. The van der Waals surface area contributed by atoms with E-state index >= 15 is 0 Å². The molecule has 0 saturated heterocycles. The fourth-order valence-electron chi connectivity index (χ4n) is 0.147. The first-order chi connectivity index (χ1) is 4.48. The maximum absolute atomic E-state index is 10.3. The van der Waals surface area contributed by atoms with E-state index in [1.807, 2.05) is 0 Å². The first kappa shape index (κ1) is 14.8. The van der Waals surface area contributed by atoms with Crippen LogP contribution in [0.1, 0.15) is 0 Å². The van der Waals surface area contributed by atoms with Gasteiger partial charge >= 0.3 is 37.4 Å². The Morgan fingerprint density at radius 1 is 1.64 bits per heavy atom. The number of halogens is 2. The van der Waals surface area contributed by atoms with Gasteiger partial charge in [0.05, 0.1) is 0 Å². The van der Waals surface area contributed by atoms with Gasteiger partial charge in [0.25, 0.3) is 0 Å². The summed E-state index contributed by atoms with van der Waals surface area (Å²) < 4.78 is 17.9. The molecule has 60 valence electrons. The fraction of sp³-hybridized carbons (Fsp3) is 0.333. The van der Waals surface area contributed by atoms with E-state index in [0.29, 0.717) is 6.26 Å². The molecule has 1 atom stereocenters. The molecule has 0 saturated carbocycles. The molecule has 0 aliphatic rings. The largest absolute Gasteiger partial charge is 1.00 e. The van der Waals surface area contributed by atoms with Crippen molar-refractivity contribution in [1.82, 2.24) is 0 Å². The minimum atomic E-state index is -4.22. The summed E-state index contributed by atoms with van der Waals surface area (Å²) in [5.41, 5.74) is 0. The summed E-state index contributed by atoms with van der Waals surface area (Å²) in [6.45, 7) is 0. The van der Waals surface area contributed by atoms with Gasteiger partial charge in [-0.2, -0.15) is 0 Å². The van der Waals surface area contributed by atoms with Crippen LogP contribution >= 0.6 is 31.0 Å². The summed E-state index contributed by atoms with van der Waals surface area (Å²) in [6.07, 6.45) is 0.653. The molecule has 0 aliphatic carbocycles. The second-order valence-electron chi connectivity index (χ2n) is 1.14. The van der Waals surface area contributed by atoms with E-state index in [0.717, 1.165) is 7.11 Å². The van der Waals surface area contributed by atoms with Crippen LogP contribution in [0.15, 0.2) is 10.8 Å². The van der Waals surface area contributed by atoms with Crippen LogP contribution in [0.2, 0.25) is 0 Å². The van der Waals surface area contributed by atoms with Gasteiger partial charge < -0.3 is 13.9 Å². The molecule has 11 heavy (non-hydrogen) atoms. The number of phosphoric ester groups is 1. The molecule has 1 unspecified atom stereocenters. The molecular formula is C3H4Cl2NaO4P. The Hall–Kier alpha value is 1.27. The van der Waals surface area contributed by atoms with Gasteiger partial charge in [-0.25, -0.2) is 0 Å². The summed E-state index contributed by atoms with van der Waals surface area (Å²) in [4.78, 5) is 10.3. The van der Waals surface area contributed by atoms with Crippen LogP contribution in [0.5, 0.6) is 0 Å². The van der Waals surface area contributed by atoms with Crippen LogP contribution in [0.3, 0.4) is 0 Å². The monoisotopic (exact) mass is 228 g/mol. The topological polar surface area (TPSA) is 58.6 Å². The molecule has 0 amide bonds. The minimum absolute atomic E-state index is 0. The van der Waals surface area contributed by atoms with Gasteiger partial charge in [-0.05, 0) is 0 Å². The molecule has 0 aromatic heterocycles. The van der Waals surface area contributed by atoms with E-state index in [1.54, 1.807) is 0 Å². The quantitative estimate of drug-likeness (QED) is 0.332. The van der Waals surface area contributed by atoms with E-state index in [9.17, 15) is 9.46 Å². The summed E-state index contributed by atoms with van der Waals surface area (Å²) in [7, 11) is -3.26. The third kappa shape index (κ3) is 9.18. The van der Waals surface area contributed by atoms with E-state index in [4.69, 9.17) is 23.2 Å². The number of hydrogen-bond donors (Lipinski definition) is 0. The molecule has 0 bridgehead atoms. The van der Waals surface area contributed by atoms with Crippen LogP contribution in [0.25, 0.3) is 0 Å². The number of hydrogen-bond acceptors (Lipinski definition) is 4. The normalized spacial score (nSPS) is 14.2. The van der Waals surface area contributed by atoms with E-state index in [1.165, 1.54) is 0 Å². The SMILES string of the molecule is COP(=O)([O-])OC=C(Cl)Cl.[Na+]. The van der Waals surface area contributed by atoms with Crippen molar-refractivity contribution in [3.05, 3.63) is 10.8 Å². The van der Waals surface area contributed by atoms with Crippen molar-refractivity contribution in [2.75, 3.05) is 7.11 Å². The Labute approximate surface area is 96.4 Å². The summed E-state index contributed by atoms with van der Waals surface area (Å²) in [5, 5.41) is 0. The van der Waals surface area contributed by atoms with Crippen LogP contribution in [-0.4, -0.2) is 7.11 Å². The zero-order valence-electron chi connectivity index (χ0n) is 5.91. The van der Waals surface area contributed by atoms with Gasteiger partial charge in [-0.3, -0.25) is 4.57 Å². The average molecular weight is 229 g/mol. The Bertz CT molecular complexity index is 180. The molecule has 0 heterocycles. The molecule has 8 heteroatoms. The molecule has 0 spiro atoms. The summed E-state index contributed by atoms with van der Waals surface area (Å²) in [5.74, 6) is 0. The van der Waals surface area contributed by atoms with Crippen LogP contribution in [0, 0.1) is 0 Å². The van der Waals surface area contributed by atoms with Gasteiger partial charge in [-0.15, -0.1) is 0 Å². The standard InChI is InChI=1S/C3H5Cl2O4P.Na/c1-8-10(6,7)9-2-3(4)5;/h2H,1H3,(H,6,7);/q;+1/p-1. The third-order valence-corrected chi connectivity index (χ3v) is 1.48. The molecular weight excluding hydrogens is 225 g/mol. The van der Waals surface area contributed by atoms with E-state index < -0.39 is 7.82 Å². The molecule has 4 nitrogen and oxygen atoms in total. The van der Waals surface area contributed by atoms with Crippen molar-refractivity contribution >= 4 is 31.0 Å². The van der Waals surface area contributed by atoms with Gasteiger partial charge in [-0.1, -0.05) is 23.2 Å². The second kappa shape index (κ2) is 6.75. The first-order valence-electron chi connectivity index (χ1n) is 2.04. The molecule has 0 aromatic rings. The molecule has 0 radical (unpaired) electrons. The maximum atomic E-state index is 10.3. The van der Waals surface area contributed by atoms with E-state index in [2.05, 4.69) is 9.05 Å². The fourth-order valence-corrected chi connectivity index (χ4v) is 0.681. The zero-order chi connectivity index (χ0) is 8.20. The molecule has 0 N–H and O–H groups in total. The Morgan fingerprint density at radius 3 is 2.36 bits per heavy atom. The summed E-state index contributed by atoms with van der Waals surface area (Å²) in [6, 6.07) is 0. The van der Waals surface area contributed by atoms with E-state index in [-0.39, 0.29) is 34.0 Å². The molecule has 0 rings (SSSR count). The Morgan fingerprint density at radius 2 is 2.09 bits per heavy atom. The second-order valence-corrected chi connectivity index (χ2v) is 3.62. The van der Waals surface area contributed by atoms with Crippen molar-refractivity contribution < 1.29 is 48.1 Å². The zero-order valence-corrected chi connectivity index (χ0v) is 10.3. The van der Waals surface area contributed by atoms with Crippen molar-refractivity contribution in [3.63, 3.8) is 0 Å². The van der Waals surface area contributed by atoms with Crippen molar-refractivity contribution in [2.24, 2.45) is 0 Å². The smallest absolute Gasteiger partial charge is 0.746 e. The van der Waals surface area contributed by atoms with Gasteiger partial charge in [0, 0.05) is 7.11 Å². The predicted octanol–water partition coefficient (Wildman–Crippen LogP) is -1.60. The Kier molecular flexibility index (Phi) is 9.07. The molecule has 0 aromatic carbocycles. The first-order valence-corrected chi connectivity index (χ1v) is 4.26. The average Bonchev–Trinajstić information content (AvgIpc) is 1.85. The predicted molar refractivity (Wildman–Crippen MR) is 35.5 cm³/mol. The number of rotatable bonds is 3. The van der Waals surface area contributed by atoms with Crippen LogP contribution in [0.4, 0.5) is 0 Å². The van der Waals surface area contributed by atoms with Gasteiger partial charge in [0.2, 0.25) is 0 Å². The van der Waals surface area contributed by atoms with Crippen LogP contribution < -0.4 is 34.5 Å². The van der Waals surface area contributed by atoms with Crippen LogP contribution in [-0.2, 0) is 13.6 Å².